The highest BCUT2D eigenvalue weighted by atomic mass is 35.5. The van der Waals surface area contributed by atoms with Gasteiger partial charge in [0.15, 0.2) is 12.6 Å². The average molecular weight is 455 g/mol. The van der Waals surface area contributed by atoms with Crippen LogP contribution in [0.2, 0.25) is 10.0 Å². The zero-order valence-corrected chi connectivity index (χ0v) is 18.1. The molecule has 0 aromatic heterocycles. The normalized spacial score (nSPS) is 30.0. The Morgan fingerprint density at radius 1 is 0.933 bits per heavy atom. The van der Waals surface area contributed by atoms with Crippen LogP contribution in [0.15, 0.2) is 36.4 Å². The van der Waals surface area contributed by atoms with Crippen LogP contribution in [-0.2, 0) is 18.9 Å². The molecule has 6 nitrogen and oxygen atoms in total. The van der Waals surface area contributed by atoms with Gasteiger partial charge < -0.3 is 29.2 Å². The minimum atomic E-state index is -1.14. The number of hydrogen-bond donors (Lipinski definition) is 2. The van der Waals surface area contributed by atoms with Gasteiger partial charge in [0.2, 0.25) is 0 Å². The van der Waals surface area contributed by atoms with Gasteiger partial charge in [0, 0.05) is 21.2 Å². The molecule has 2 aromatic rings. The number of aliphatic hydroxyl groups is 2. The highest BCUT2D eigenvalue weighted by Gasteiger charge is 2.48. The Morgan fingerprint density at radius 3 is 2.37 bits per heavy atom. The molecule has 0 spiro atoms. The van der Waals surface area contributed by atoms with E-state index in [1.807, 2.05) is 38.1 Å². The number of hydrogen-bond acceptors (Lipinski definition) is 6. The number of aliphatic hydroxyl groups excluding tert-OH is 2. The summed E-state index contributed by atoms with van der Waals surface area (Å²) in [6.45, 7) is 3.58. The average Bonchev–Trinajstić information content (AvgIpc) is 2.75. The van der Waals surface area contributed by atoms with Gasteiger partial charge in [0.1, 0.15) is 24.4 Å². The summed E-state index contributed by atoms with van der Waals surface area (Å²) in [7, 11) is 0. The summed E-state index contributed by atoms with van der Waals surface area (Å²) >= 11 is 12.4. The van der Waals surface area contributed by atoms with E-state index in [0.29, 0.717) is 10.0 Å². The zero-order valence-electron chi connectivity index (χ0n) is 16.6. The monoisotopic (exact) mass is 454 g/mol. The first-order valence-electron chi connectivity index (χ1n) is 9.76. The molecule has 6 unspecified atom stereocenters. The van der Waals surface area contributed by atoms with Crippen LogP contribution >= 0.6 is 23.2 Å². The Hall–Kier alpha value is -1.22. The molecule has 4 rings (SSSR count). The summed E-state index contributed by atoms with van der Waals surface area (Å²) in [5.41, 5.74) is 3.36. The predicted molar refractivity (Wildman–Crippen MR) is 112 cm³/mol. The van der Waals surface area contributed by atoms with E-state index in [4.69, 9.17) is 42.1 Å². The molecule has 0 aliphatic carbocycles. The molecule has 0 amide bonds. The van der Waals surface area contributed by atoms with Crippen molar-refractivity contribution in [2.45, 2.75) is 50.8 Å². The van der Waals surface area contributed by atoms with E-state index in [1.54, 1.807) is 12.1 Å². The highest BCUT2D eigenvalue weighted by Crippen LogP contribution is 2.39. The summed E-state index contributed by atoms with van der Waals surface area (Å²) in [6.07, 6.45) is -4.49. The van der Waals surface area contributed by atoms with Gasteiger partial charge in [0.05, 0.1) is 13.2 Å². The van der Waals surface area contributed by atoms with Crippen LogP contribution in [0.3, 0.4) is 0 Å². The highest BCUT2D eigenvalue weighted by molar-refractivity contribution is 6.31. The summed E-state index contributed by atoms with van der Waals surface area (Å²) < 4.78 is 24.1. The van der Waals surface area contributed by atoms with E-state index in [0.717, 1.165) is 22.3 Å². The Balaban J connectivity index is 1.57. The summed E-state index contributed by atoms with van der Waals surface area (Å²) in [4.78, 5) is 0. The molecule has 2 heterocycles. The molecule has 2 aliphatic rings. The Morgan fingerprint density at radius 2 is 1.67 bits per heavy atom. The van der Waals surface area contributed by atoms with Gasteiger partial charge in [0.25, 0.3) is 0 Å². The lowest BCUT2D eigenvalue weighted by atomic mass is 9.99. The number of benzene rings is 2. The second-order valence-corrected chi connectivity index (χ2v) is 8.45. The van der Waals surface area contributed by atoms with E-state index in [-0.39, 0.29) is 6.61 Å². The van der Waals surface area contributed by atoms with Gasteiger partial charge >= 0.3 is 0 Å². The smallest absolute Gasteiger partial charge is 0.185 e. The standard InChI is InChI=1S/C22H24Cl2O6/c1-11-3-4-14(8-16(11)24)22-28-18-10-27-21(13-5-6-15(23)12(2)7-13)30-20(18)19(29-22)17(26)9-25/h3-8,17-22,25-26H,9-10H2,1-2H3. The molecule has 2 N–H and O–H groups in total. The van der Waals surface area contributed by atoms with Crippen molar-refractivity contribution in [1.82, 2.24) is 0 Å². The number of ether oxygens (including phenoxy) is 4. The van der Waals surface area contributed by atoms with E-state index in [1.165, 1.54) is 0 Å². The van der Waals surface area contributed by atoms with Crippen molar-refractivity contribution < 1.29 is 29.2 Å². The van der Waals surface area contributed by atoms with Crippen LogP contribution < -0.4 is 0 Å². The maximum absolute atomic E-state index is 10.4. The molecule has 6 atom stereocenters. The first-order valence-corrected chi connectivity index (χ1v) is 10.5. The van der Waals surface area contributed by atoms with Crippen LogP contribution in [0.4, 0.5) is 0 Å². The number of fused-ring (bicyclic) bond motifs is 1. The quantitative estimate of drug-likeness (QED) is 0.730. The largest absolute Gasteiger partial charge is 0.394 e. The molecule has 162 valence electrons. The molecule has 2 fully saturated rings. The van der Waals surface area contributed by atoms with Crippen molar-refractivity contribution in [2.75, 3.05) is 13.2 Å². The molecule has 2 aromatic carbocycles. The third kappa shape index (κ3) is 4.38. The van der Waals surface area contributed by atoms with Crippen LogP contribution in [0.1, 0.15) is 34.8 Å². The van der Waals surface area contributed by atoms with E-state index < -0.39 is 43.6 Å². The predicted octanol–water partition coefficient (Wildman–Crippen LogP) is 3.86. The van der Waals surface area contributed by atoms with Gasteiger partial charge in [-0.15, -0.1) is 0 Å². The van der Waals surface area contributed by atoms with Crippen molar-refractivity contribution in [3.05, 3.63) is 68.7 Å². The third-order valence-corrected chi connectivity index (χ3v) is 6.28. The fourth-order valence-electron chi connectivity index (χ4n) is 3.68. The first kappa shape index (κ1) is 22.0. The minimum absolute atomic E-state index is 0.241. The van der Waals surface area contributed by atoms with Gasteiger partial charge in [-0.2, -0.15) is 0 Å². The van der Waals surface area contributed by atoms with Crippen LogP contribution in [0.25, 0.3) is 0 Å². The maximum atomic E-state index is 10.4. The fourth-order valence-corrected chi connectivity index (χ4v) is 3.99. The van der Waals surface area contributed by atoms with Crippen molar-refractivity contribution >= 4 is 23.2 Å². The molecule has 2 saturated heterocycles. The van der Waals surface area contributed by atoms with E-state index >= 15 is 0 Å². The minimum Gasteiger partial charge on any atom is -0.394 e. The lowest BCUT2D eigenvalue weighted by Crippen LogP contribution is -2.58. The van der Waals surface area contributed by atoms with Crippen LogP contribution in [-0.4, -0.2) is 47.8 Å². The Labute approximate surface area is 185 Å². The number of rotatable bonds is 4. The van der Waals surface area contributed by atoms with Gasteiger partial charge in [-0.05, 0) is 43.2 Å². The molecule has 8 heteroatoms. The van der Waals surface area contributed by atoms with E-state index in [2.05, 4.69) is 0 Å². The second-order valence-electron chi connectivity index (χ2n) is 7.64. The Kier molecular flexibility index (Phi) is 6.67. The Bertz CT molecular complexity index is 905. The lowest BCUT2D eigenvalue weighted by Gasteiger charge is -2.47. The van der Waals surface area contributed by atoms with Crippen molar-refractivity contribution in [3.63, 3.8) is 0 Å². The molecule has 2 aliphatic heterocycles. The van der Waals surface area contributed by atoms with Crippen molar-refractivity contribution in [1.29, 1.82) is 0 Å². The molecule has 30 heavy (non-hydrogen) atoms. The SMILES string of the molecule is Cc1cc(C2OCC3OC(c4ccc(C)c(Cl)c4)OC(C(O)CO)C3O2)ccc1Cl. The van der Waals surface area contributed by atoms with E-state index in [9.17, 15) is 10.2 Å². The van der Waals surface area contributed by atoms with Gasteiger partial charge in [-0.1, -0.05) is 41.4 Å². The fraction of sp³-hybridized carbons (Fsp3) is 0.455. The zero-order chi connectivity index (χ0) is 21.4. The van der Waals surface area contributed by atoms with Gasteiger partial charge in [-0.25, -0.2) is 0 Å². The molecular weight excluding hydrogens is 431 g/mol. The topological polar surface area (TPSA) is 77.4 Å². The molecule has 0 saturated carbocycles. The van der Waals surface area contributed by atoms with Crippen LogP contribution in [0.5, 0.6) is 0 Å². The molecule has 0 radical (unpaired) electrons. The second kappa shape index (κ2) is 9.10. The summed E-state index contributed by atoms with van der Waals surface area (Å²) in [5.74, 6) is 0. The third-order valence-electron chi connectivity index (χ3n) is 5.45. The maximum Gasteiger partial charge on any atom is 0.185 e. The molecule has 0 bridgehead atoms. The van der Waals surface area contributed by atoms with Crippen molar-refractivity contribution in [2.24, 2.45) is 0 Å². The molecular formula is C22H24Cl2O6. The lowest BCUT2D eigenvalue weighted by molar-refractivity contribution is -0.373. The summed E-state index contributed by atoms with van der Waals surface area (Å²) in [5, 5.41) is 21.2. The summed E-state index contributed by atoms with van der Waals surface area (Å²) in [6, 6.07) is 11.0. The van der Waals surface area contributed by atoms with Crippen molar-refractivity contribution in [3.8, 4) is 0 Å². The van der Waals surface area contributed by atoms with Crippen LogP contribution in [0, 0.1) is 13.8 Å². The first-order chi connectivity index (χ1) is 14.4. The van der Waals surface area contributed by atoms with Gasteiger partial charge in [-0.3, -0.25) is 0 Å². The number of halogens is 2. The number of aryl methyl sites for hydroxylation is 2.